The Kier molecular flexibility index (Phi) is 27.3. The molecule has 0 radical (unpaired) electrons. The van der Waals surface area contributed by atoms with E-state index in [-0.39, 0.29) is 102 Å². The molecule has 8 N–H and O–H groups in total. The van der Waals surface area contributed by atoms with Crippen LogP contribution in [0, 0.1) is 24.2 Å². The quantitative estimate of drug-likeness (QED) is 0.00911. The molecule has 1 aliphatic rings. The topological polar surface area (TPSA) is 351 Å². The third-order valence-corrected chi connectivity index (χ3v) is 16.7. The van der Waals surface area contributed by atoms with Gasteiger partial charge in [-0.2, -0.15) is 0 Å². The van der Waals surface area contributed by atoms with Crippen molar-refractivity contribution in [1.29, 1.82) is 0 Å². The summed E-state index contributed by atoms with van der Waals surface area (Å²) in [7, 11) is 1.45. The molecular formula is C71H88N10O14. The standard InChI is InChI=1S/C71H88N10O14/c1-6-93-44-58-80-63-64(52-21-9-11-23-54(52)77-66(63)72)81(58)45-70(3,4)95-61(87)33-31-56(83)62(67(73)89)65(88)71(34-13-7-14-35-71)42-57(84)55(24-16-25-60(86)94-39-38-92-5)78-68(90)49(20-12-15-37-75-59(85)32-28-48-19-17-36-74-43-48)41-51(82)40-47-26-29-50(30-27-47)76-69(91)79-53-22-10-8-18-46(53)2/h8-11,17-19,21-23,26-30,32,36,43,49,55,62H,6-7,12-16,20,24-25,31,33-35,37-42,44-45H2,1-5H3,(H2,72,77)(H2,73,89)(H,75,85)(H,78,90)(H2,76,79,91)/b32-28+/t49-,55+,62?/m1/s1. The van der Waals surface area contributed by atoms with E-state index in [0.717, 1.165) is 16.5 Å². The molecule has 506 valence electrons. The van der Waals surface area contributed by atoms with Gasteiger partial charge in [0.15, 0.2) is 29.1 Å². The molecule has 3 aromatic heterocycles. The van der Waals surface area contributed by atoms with Gasteiger partial charge in [0.1, 0.15) is 35.9 Å². The van der Waals surface area contributed by atoms with Gasteiger partial charge in [0, 0.05) is 98.9 Å². The molecule has 3 atom stereocenters. The summed E-state index contributed by atoms with van der Waals surface area (Å²) in [5.74, 6) is -8.65. The monoisotopic (exact) mass is 1300 g/mol. The summed E-state index contributed by atoms with van der Waals surface area (Å²) in [5, 5.41) is 12.1. The number of carbonyl (C=O) groups is 10. The zero-order valence-electron chi connectivity index (χ0n) is 54.8. The highest BCUT2D eigenvalue weighted by Gasteiger charge is 2.49. The number of nitrogens with one attached hydrogen (secondary N) is 4. The first-order valence-corrected chi connectivity index (χ1v) is 32.4. The van der Waals surface area contributed by atoms with Gasteiger partial charge in [0.25, 0.3) is 0 Å². The number of para-hydroxylation sites is 2. The number of amides is 5. The maximum atomic E-state index is 15.1. The number of ketones is 4. The maximum absolute atomic E-state index is 15.1. The van der Waals surface area contributed by atoms with Gasteiger partial charge < -0.3 is 56.2 Å². The van der Waals surface area contributed by atoms with Crippen molar-refractivity contribution in [3.63, 3.8) is 0 Å². The molecular weight excluding hydrogens is 1220 g/mol. The third kappa shape index (κ3) is 21.8. The minimum atomic E-state index is -2.03. The number of Topliss-reactive ketones (excluding diaryl/α,β-unsaturated/α-hetero) is 4. The van der Waals surface area contributed by atoms with Crippen LogP contribution in [0.25, 0.3) is 28.0 Å². The zero-order chi connectivity index (χ0) is 68.5. The van der Waals surface area contributed by atoms with E-state index in [0.29, 0.717) is 78.0 Å². The summed E-state index contributed by atoms with van der Waals surface area (Å²) < 4.78 is 23.9. The van der Waals surface area contributed by atoms with Crippen molar-refractivity contribution in [1.82, 2.24) is 30.2 Å². The average molecular weight is 1310 g/mol. The highest BCUT2D eigenvalue weighted by Crippen LogP contribution is 2.43. The number of rotatable bonds is 38. The Labute approximate surface area is 552 Å². The van der Waals surface area contributed by atoms with E-state index < -0.39 is 95.3 Å². The van der Waals surface area contributed by atoms with Crippen LogP contribution in [0.15, 0.2) is 103 Å². The number of nitrogen functional groups attached to an aromatic ring is 1. The number of nitrogens with two attached hydrogens (primary N) is 2. The fourth-order valence-corrected chi connectivity index (χ4v) is 11.9. The Morgan fingerprint density at radius 2 is 1.55 bits per heavy atom. The number of nitrogens with zero attached hydrogens (tertiary/aromatic N) is 4. The zero-order valence-corrected chi connectivity index (χ0v) is 54.8. The van der Waals surface area contributed by atoms with E-state index in [1.165, 1.54) is 13.2 Å². The Balaban J connectivity index is 1.06. The lowest BCUT2D eigenvalue weighted by molar-refractivity contribution is -0.159. The highest BCUT2D eigenvalue weighted by atomic mass is 16.6. The highest BCUT2D eigenvalue weighted by molar-refractivity contribution is 6.20. The summed E-state index contributed by atoms with van der Waals surface area (Å²) >= 11 is 0. The number of esters is 2. The van der Waals surface area contributed by atoms with Gasteiger partial charge in [-0.1, -0.05) is 80.3 Å². The van der Waals surface area contributed by atoms with Crippen LogP contribution in [0.1, 0.15) is 140 Å². The molecule has 3 heterocycles. The summed E-state index contributed by atoms with van der Waals surface area (Å²) in [4.78, 5) is 152. The fourth-order valence-electron chi connectivity index (χ4n) is 11.9. The third-order valence-electron chi connectivity index (χ3n) is 16.7. The number of urea groups is 1. The van der Waals surface area contributed by atoms with Crippen LogP contribution in [0.4, 0.5) is 22.0 Å². The second-order valence-electron chi connectivity index (χ2n) is 24.6. The van der Waals surface area contributed by atoms with Gasteiger partial charge in [-0.25, -0.2) is 14.8 Å². The molecule has 0 spiro atoms. The maximum Gasteiger partial charge on any atom is 0.323 e. The number of imidazole rings is 1. The van der Waals surface area contributed by atoms with Crippen LogP contribution in [0.3, 0.4) is 0 Å². The number of pyridine rings is 2. The molecule has 1 fully saturated rings. The van der Waals surface area contributed by atoms with E-state index in [1.807, 2.05) is 60.9 Å². The largest absolute Gasteiger partial charge is 0.463 e. The SMILES string of the molecule is CCOCc1nc2c(N)nc3ccccc3c2n1CC(C)(C)OC(=O)CCC(=O)C(C(N)=O)C(=O)C1(CC(=O)[C@H](CCCC(=O)OCCOC)NC(=O)[C@H](CCCCNC(=O)/C=C/c2cccnc2)CC(=O)Cc2ccc(NC(=O)Nc3ccccc3C)cc2)CCCCC1. The van der Waals surface area contributed by atoms with Gasteiger partial charge in [0.05, 0.1) is 36.6 Å². The number of benzene rings is 3. The molecule has 7 rings (SSSR count). The van der Waals surface area contributed by atoms with E-state index in [9.17, 15) is 38.4 Å². The molecule has 95 heavy (non-hydrogen) atoms. The number of aryl methyl sites for hydroxylation is 1. The van der Waals surface area contributed by atoms with Crippen LogP contribution >= 0.6 is 0 Å². The molecule has 24 nitrogen and oxygen atoms in total. The average Bonchev–Trinajstić information content (AvgIpc) is 1.64. The first-order valence-electron chi connectivity index (χ1n) is 32.4. The van der Waals surface area contributed by atoms with Crippen molar-refractivity contribution in [2.24, 2.45) is 23.0 Å². The molecule has 24 heteroatoms. The van der Waals surface area contributed by atoms with Crippen LogP contribution in [-0.4, -0.2) is 123 Å². The van der Waals surface area contributed by atoms with E-state index in [4.69, 9.17) is 35.4 Å². The molecule has 0 bridgehead atoms. The van der Waals surface area contributed by atoms with Crippen molar-refractivity contribution in [3.05, 3.63) is 126 Å². The summed E-state index contributed by atoms with van der Waals surface area (Å²) in [6.45, 7) is 8.07. The molecule has 1 aliphatic carbocycles. The van der Waals surface area contributed by atoms with E-state index in [1.54, 1.807) is 74.8 Å². The van der Waals surface area contributed by atoms with Crippen LogP contribution in [0.5, 0.6) is 0 Å². The number of hydrogen-bond donors (Lipinski definition) is 6. The van der Waals surface area contributed by atoms with Crippen molar-refractivity contribution in [2.45, 2.75) is 155 Å². The van der Waals surface area contributed by atoms with Crippen molar-refractivity contribution >= 4 is 104 Å². The normalized spacial score (nSPS) is 13.9. The van der Waals surface area contributed by atoms with Gasteiger partial charge in [-0.3, -0.25) is 48.1 Å². The molecule has 0 aliphatic heterocycles. The van der Waals surface area contributed by atoms with Gasteiger partial charge in [-0.15, -0.1) is 0 Å². The molecule has 3 aromatic carbocycles. The predicted molar refractivity (Wildman–Crippen MR) is 358 cm³/mol. The van der Waals surface area contributed by atoms with Gasteiger partial charge >= 0.3 is 18.0 Å². The van der Waals surface area contributed by atoms with Crippen molar-refractivity contribution in [2.75, 3.05) is 49.8 Å². The minimum absolute atomic E-state index is 0.0153. The van der Waals surface area contributed by atoms with Crippen LogP contribution < -0.4 is 32.7 Å². The number of hydrogen-bond acceptors (Lipinski definition) is 18. The first kappa shape index (κ1) is 72.9. The molecule has 1 saturated carbocycles. The Bertz CT molecular complexity index is 3710. The first-order chi connectivity index (χ1) is 45.6. The van der Waals surface area contributed by atoms with Crippen molar-refractivity contribution < 1.29 is 66.9 Å². The van der Waals surface area contributed by atoms with Gasteiger partial charge in [-0.05, 0) is 119 Å². The number of primary amides is 1. The summed E-state index contributed by atoms with van der Waals surface area (Å²) in [6.07, 6.45) is 6.81. The lowest BCUT2D eigenvalue weighted by Crippen LogP contribution is -2.50. The Morgan fingerprint density at radius 3 is 2.26 bits per heavy atom. The van der Waals surface area contributed by atoms with Crippen molar-refractivity contribution in [3.8, 4) is 0 Å². The number of carbonyl (C=O) groups excluding carboxylic acids is 10. The van der Waals surface area contributed by atoms with Gasteiger partial charge in [0.2, 0.25) is 17.7 Å². The second-order valence-corrected chi connectivity index (χ2v) is 24.6. The number of ether oxygens (including phenoxy) is 4. The lowest BCUT2D eigenvalue weighted by atomic mass is 9.64. The van der Waals surface area contributed by atoms with Crippen LogP contribution in [-0.2, 0) is 81.7 Å². The smallest absolute Gasteiger partial charge is 0.323 e. The second kappa shape index (κ2) is 35.6. The number of aromatic nitrogens is 4. The molecule has 6 aromatic rings. The molecule has 0 saturated heterocycles. The Hall–Kier alpha value is -9.55. The van der Waals surface area contributed by atoms with E-state index in [2.05, 4.69) is 31.2 Å². The number of methoxy groups -OCH3 is 1. The molecule has 1 unspecified atom stereocenters. The minimum Gasteiger partial charge on any atom is -0.463 e. The fraction of sp³-hybridized carbons (Fsp3) is 0.451. The van der Waals surface area contributed by atoms with E-state index >= 15 is 9.59 Å². The summed E-state index contributed by atoms with van der Waals surface area (Å²) in [6, 6.07) is 23.2. The molecule has 5 amide bonds. The Morgan fingerprint density at radius 1 is 0.800 bits per heavy atom. The number of fused-ring (bicyclic) bond motifs is 3. The lowest BCUT2D eigenvalue weighted by Gasteiger charge is -2.38. The number of anilines is 3. The summed E-state index contributed by atoms with van der Waals surface area (Å²) in [5.41, 5.74) is 14.6. The number of unbranched alkanes of at least 4 members (excludes halogenated alkanes) is 1. The predicted octanol–water partition coefficient (Wildman–Crippen LogP) is 8.96. The van der Waals surface area contributed by atoms with Crippen LogP contribution in [0.2, 0.25) is 0 Å².